The average molecular weight is 406 g/mol. The summed E-state index contributed by atoms with van der Waals surface area (Å²) in [5, 5.41) is 0. The molecule has 0 amide bonds. The molecule has 0 aliphatic heterocycles. The Morgan fingerprint density at radius 2 is 1.95 bits per heavy atom. The van der Waals surface area contributed by atoms with E-state index in [1.807, 2.05) is 24.3 Å². The monoisotopic (exact) mass is 405 g/mol. The number of hydrogen-bond donors (Lipinski definition) is 1. The highest BCUT2D eigenvalue weighted by molar-refractivity contribution is 9.11. The van der Waals surface area contributed by atoms with Gasteiger partial charge < -0.3 is 9.47 Å². The van der Waals surface area contributed by atoms with Crippen LogP contribution in [0.15, 0.2) is 44.4 Å². The van der Waals surface area contributed by atoms with Gasteiger partial charge in [-0.15, -0.1) is 11.3 Å². The number of halogens is 1. The van der Waals surface area contributed by atoms with Crippen LogP contribution in [0.5, 0.6) is 5.75 Å². The summed E-state index contributed by atoms with van der Waals surface area (Å²) in [6.45, 7) is 0.120. The van der Waals surface area contributed by atoms with E-state index in [0.29, 0.717) is 5.75 Å². The molecule has 120 valence electrons. The summed E-state index contributed by atoms with van der Waals surface area (Å²) in [5.74, 6) is 0.660. The van der Waals surface area contributed by atoms with Gasteiger partial charge in [0.05, 0.1) is 17.0 Å². The number of rotatable bonds is 7. The van der Waals surface area contributed by atoms with Gasteiger partial charge in [-0.1, -0.05) is 18.2 Å². The van der Waals surface area contributed by atoms with E-state index in [1.54, 1.807) is 19.2 Å². The molecule has 0 spiro atoms. The summed E-state index contributed by atoms with van der Waals surface area (Å²) in [5.41, 5.74) is 0.794. The fraction of sp³-hybridized carbons (Fsp3) is 0.286. The molecule has 1 heterocycles. The van der Waals surface area contributed by atoms with Crippen LogP contribution in [0.3, 0.4) is 0 Å². The minimum Gasteiger partial charge on any atom is -0.496 e. The Morgan fingerprint density at radius 1 is 1.23 bits per heavy atom. The molecular weight excluding hydrogens is 390 g/mol. The number of benzene rings is 1. The molecule has 2 aromatic rings. The van der Waals surface area contributed by atoms with E-state index in [0.717, 1.165) is 20.7 Å². The van der Waals surface area contributed by atoms with Crippen molar-refractivity contribution in [2.24, 2.45) is 0 Å². The molecule has 0 radical (unpaired) electrons. The van der Waals surface area contributed by atoms with Crippen LogP contribution >= 0.6 is 27.3 Å². The van der Waals surface area contributed by atoms with E-state index in [-0.39, 0.29) is 10.8 Å². The Labute approximate surface area is 142 Å². The van der Waals surface area contributed by atoms with Gasteiger partial charge in [-0.2, -0.15) is 0 Å². The number of methoxy groups -OCH3 is 2. The number of ether oxygens (including phenoxy) is 2. The van der Waals surface area contributed by atoms with Crippen molar-refractivity contribution in [1.29, 1.82) is 0 Å². The molecule has 5 nitrogen and oxygen atoms in total. The van der Waals surface area contributed by atoms with Crippen molar-refractivity contribution < 1.29 is 17.9 Å². The van der Waals surface area contributed by atoms with E-state index in [1.165, 1.54) is 7.11 Å². The average Bonchev–Trinajstić information content (AvgIpc) is 2.96. The van der Waals surface area contributed by atoms with Crippen LogP contribution in [0.4, 0.5) is 0 Å². The summed E-state index contributed by atoms with van der Waals surface area (Å²) in [6, 6.07) is 10.6. The SMILES string of the molecule is COc1ccccc1[C@@H](CNS(=O)(=O)c1ccc(Br)s1)OC. The van der Waals surface area contributed by atoms with E-state index < -0.39 is 16.1 Å². The molecule has 8 heteroatoms. The summed E-state index contributed by atoms with van der Waals surface area (Å²) in [7, 11) is -0.451. The number of sulfonamides is 1. The molecule has 0 bridgehead atoms. The second kappa shape index (κ2) is 7.56. The molecule has 1 N–H and O–H groups in total. The van der Waals surface area contributed by atoms with Gasteiger partial charge in [-0.05, 0) is 34.1 Å². The third kappa shape index (κ3) is 4.08. The predicted molar refractivity (Wildman–Crippen MR) is 90.0 cm³/mol. The zero-order valence-corrected chi connectivity index (χ0v) is 15.3. The molecular formula is C14H16BrNO4S2. The topological polar surface area (TPSA) is 64.6 Å². The van der Waals surface area contributed by atoms with Gasteiger partial charge in [0.1, 0.15) is 9.96 Å². The molecule has 1 aromatic heterocycles. The van der Waals surface area contributed by atoms with Gasteiger partial charge in [0.25, 0.3) is 0 Å². The molecule has 0 saturated carbocycles. The van der Waals surface area contributed by atoms with Gasteiger partial charge in [-0.25, -0.2) is 13.1 Å². The lowest BCUT2D eigenvalue weighted by molar-refractivity contribution is 0.105. The van der Waals surface area contributed by atoms with Crippen molar-refractivity contribution in [3.8, 4) is 5.75 Å². The first-order chi connectivity index (χ1) is 10.5. The number of thiophene rings is 1. The van der Waals surface area contributed by atoms with Crippen molar-refractivity contribution in [3.05, 3.63) is 45.7 Å². The highest BCUT2D eigenvalue weighted by Crippen LogP contribution is 2.28. The van der Waals surface area contributed by atoms with Crippen molar-refractivity contribution in [1.82, 2.24) is 4.72 Å². The molecule has 0 saturated heterocycles. The van der Waals surface area contributed by atoms with Crippen molar-refractivity contribution >= 4 is 37.3 Å². The lowest BCUT2D eigenvalue weighted by Crippen LogP contribution is -2.29. The van der Waals surface area contributed by atoms with E-state index >= 15 is 0 Å². The first-order valence-corrected chi connectivity index (χ1v) is 9.48. The quantitative estimate of drug-likeness (QED) is 0.767. The Kier molecular flexibility index (Phi) is 5.99. The summed E-state index contributed by atoms with van der Waals surface area (Å²) < 4.78 is 38.8. The van der Waals surface area contributed by atoms with Crippen molar-refractivity contribution in [2.75, 3.05) is 20.8 Å². The summed E-state index contributed by atoms with van der Waals surface area (Å²) >= 11 is 4.42. The third-order valence-corrected chi connectivity index (χ3v) is 6.58. The lowest BCUT2D eigenvalue weighted by Gasteiger charge is -2.18. The second-order valence-corrected chi connectivity index (χ2v) is 8.83. The van der Waals surface area contributed by atoms with Gasteiger partial charge >= 0.3 is 0 Å². The zero-order chi connectivity index (χ0) is 16.2. The lowest BCUT2D eigenvalue weighted by atomic mass is 10.1. The van der Waals surface area contributed by atoms with Crippen LogP contribution in [0, 0.1) is 0 Å². The van der Waals surface area contributed by atoms with Crippen molar-refractivity contribution in [2.45, 2.75) is 10.3 Å². The maximum absolute atomic E-state index is 12.2. The van der Waals surface area contributed by atoms with Crippen LogP contribution in [0.1, 0.15) is 11.7 Å². The highest BCUT2D eigenvalue weighted by atomic mass is 79.9. The predicted octanol–water partition coefficient (Wildman–Crippen LogP) is 3.19. The Morgan fingerprint density at radius 3 is 2.55 bits per heavy atom. The minimum atomic E-state index is -3.55. The van der Waals surface area contributed by atoms with Crippen LogP contribution in [0.2, 0.25) is 0 Å². The summed E-state index contributed by atoms with van der Waals surface area (Å²) in [6.07, 6.45) is -0.436. The number of nitrogens with one attached hydrogen (secondary N) is 1. The van der Waals surface area contributed by atoms with Crippen LogP contribution in [0.25, 0.3) is 0 Å². The fourth-order valence-corrected chi connectivity index (χ4v) is 5.04. The molecule has 22 heavy (non-hydrogen) atoms. The standard InChI is InChI=1S/C14H16BrNO4S2/c1-19-11-6-4-3-5-10(11)12(20-2)9-16-22(17,18)14-8-7-13(15)21-14/h3-8,12,16H,9H2,1-2H3/t12-/m1/s1. The molecule has 2 rings (SSSR count). The smallest absolute Gasteiger partial charge is 0.250 e. The van der Waals surface area contributed by atoms with E-state index in [4.69, 9.17) is 9.47 Å². The second-order valence-electron chi connectivity index (χ2n) is 4.38. The van der Waals surface area contributed by atoms with Crippen LogP contribution in [-0.4, -0.2) is 29.2 Å². The molecule has 1 atom stereocenters. The molecule has 0 aliphatic rings. The van der Waals surface area contributed by atoms with E-state index in [2.05, 4.69) is 20.7 Å². The first kappa shape index (κ1) is 17.4. The number of para-hydroxylation sites is 1. The third-order valence-electron chi connectivity index (χ3n) is 3.04. The molecule has 1 aromatic carbocycles. The van der Waals surface area contributed by atoms with Gasteiger partial charge in [-0.3, -0.25) is 0 Å². The van der Waals surface area contributed by atoms with Crippen molar-refractivity contribution in [3.63, 3.8) is 0 Å². The van der Waals surface area contributed by atoms with Gasteiger partial charge in [0.15, 0.2) is 0 Å². The van der Waals surface area contributed by atoms with Gasteiger partial charge in [0, 0.05) is 19.2 Å². The normalized spacial score (nSPS) is 13.0. The van der Waals surface area contributed by atoms with Crippen LogP contribution < -0.4 is 9.46 Å². The minimum absolute atomic E-state index is 0.120. The highest BCUT2D eigenvalue weighted by Gasteiger charge is 2.21. The molecule has 0 fully saturated rings. The fourth-order valence-electron chi connectivity index (χ4n) is 1.95. The maximum Gasteiger partial charge on any atom is 0.250 e. The Hall–Kier alpha value is -0.930. The largest absolute Gasteiger partial charge is 0.496 e. The number of hydrogen-bond acceptors (Lipinski definition) is 5. The van der Waals surface area contributed by atoms with Crippen LogP contribution in [-0.2, 0) is 14.8 Å². The maximum atomic E-state index is 12.2. The first-order valence-electron chi connectivity index (χ1n) is 6.38. The van der Waals surface area contributed by atoms with Gasteiger partial charge in [0.2, 0.25) is 10.0 Å². The molecule has 0 aliphatic carbocycles. The zero-order valence-electron chi connectivity index (χ0n) is 12.1. The van der Waals surface area contributed by atoms with E-state index in [9.17, 15) is 8.42 Å². The molecule has 0 unspecified atom stereocenters. The Balaban J connectivity index is 2.14. The summed E-state index contributed by atoms with van der Waals surface area (Å²) in [4.78, 5) is 0. The Bertz CT molecular complexity index is 730.